The summed E-state index contributed by atoms with van der Waals surface area (Å²) < 4.78 is 21.7. The lowest BCUT2D eigenvalue weighted by Gasteiger charge is -2.02. The van der Waals surface area contributed by atoms with Crippen molar-refractivity contribution in [1.29, 1.82) is 0 Å². The lowest BCUT2D eigenvalue weighted by Crippen LogP contribution is -2.00. The van der Waals surface area contributed by atoms with Gasteiger partial charge in [-0.3, -0.25) is 0 Å². The minimum atomic E-state index is -2.98. The first kappa shape index (κ1) is 7.54. The van der Waals surface area contributed by atoms with Gasteiger partial charge in [-0.25, -0.2) is 8.42 Å². The van der Waals surface area contributed by atoms with Crippen molar-refractivity contribution in [2.45, 2.75) is 6.42 Å². The van der Waals surface area contributed by atoms with Crippen LogP contribution in [0.15, 0.2) is 23.1 Å². The molecule has 55 valence electrons. The molecule has 0 unspecified atom stereocenters. The van der Waals surface area contributed by atoms with Gasteiger partial charge in [-0.05, 0) is 18.9 Å². The second kappa shape index (κ2) is 2.58. The molecular formula is C7H9O2S. The Morgan fingerprint density at radius 2 is 2.20 bits per heavy atom. The molecule has 1 aliphatic carbocycles. The van der Waals surface area contributed by atoms with Crippen LogP contribution in [0.1, 0.15) is 6.42 Å². The van der Waals surface area contributed by atoms with Crippen LogP contribution < -0.4 is 0 Å². The van der Waals surface area contributed by atoms with Crippen molar-refractivity contribution in [2.75, 3.05) is 6.26 Å². The molecular weight excluding hydrogens is 148 g/mol. The maximum absolute atomic E-state index is 10.8. The van der Waals surface area contributed by atoms with Crippen molar-refractivity contribution < 1.29 is 8.42 Å². The molecule has 0 spiro atoms. The Kier molecular flexibility index (Phi) is 1.94. The fourth-order valence-corrected chi connectivity index (χ4v) is 1.44. The van der Waals surface area contributed by atoms with Crippen molar-refractivity contribution in [3.8, 4) is 0 Å². The zero-order valence-electron chi connectivity index (χ0n) is 5.74. The summed E-state index contributed by atoms with van der Waals surface area (Å²) in [6.07, 6.45) is 8.97. The van der Waals surface area contributed by atoms with E-state index in [4.69, 9.17) is 0 Å². The first-order valence-corrected chi connectivity index (χ1v) is 4.90. The Bertz CT molecular complexity index is 270. The van der Waals surface area contributed by atoms with E-state index in [9.17, 15) is 8.42 Å². The molecule has 0 N–H and O–H groups in total. The monoisotopic (exact) mass is 157 g/mol. The van der Waals surface area contributed by atoms with Gasteiger partial charge in [0.2, 0.25) is 0 Å². The highest BCUT2D eigenvalue weighted by atomic mass is 32.2. The fourth-order valence-electron chi connectivity index (χ4n) is 0.750. The van der Waals surface area contributed by atoms with Gasteiger partial charge in [-0.15, -0.1) is 0 Å². The van der Waals surface area contributed by atoms with E-state index in [1.807, 2.05) is 12.5 Å². The summed E-state index contributed by atoms with van der Waals surface area (Å²) in [5.74, 6) is 0. The topological polar surface area (TPSA) is 34.1 Å². The smallest absolute Gasteiger partial charge is 0.175 e. The van der Waals surface area contributed by atoms with Gasteiger partial charge in [0, 0.05) is 6.26 Å². The molecule has 3 heteroatoms. The SMILES string of the molecule is CS(=O)(=O)C1=C[CH]CC=C1. The van der Waals surface area contributed by atoms with Crippen LogP contribution in [0, 0.1) is 6.42 Å². The van der Waals surface area contributed by atoms with Crippen LogP contribution in [-0.2, 0) is 9.84 Å². The van der Waals surface area contributed by atoms with Crippen LogP contribution in [0.25, 0.3) is 0 Å². The predicted octanol–water partition coefficient (Wildman–Crippen LogP) is 1.08. The molecule has 0 aliphatic heterocycles. The van der Waals surface area contributed by atoms with E-state index in [0.29, 0.717) is 4.91 Å². The minimum Gasteiger partial charge on any atom is -0.224 e. The Morgan fingerprint density at radius 1 is 1.50 bits per heavy atom. The summed E-state index contributed by atoms with van der Waals surface area (Å²) in [5, 5.41) is 0. The van der Waals surface area contributed by atoms with Crippen molar-refractivity contribution in [2.24, 2.45) is 0 Å². The molecule has 0 aromatic carbocycles. The van der Waals surface area contributed by atoms with E-state index in [-0.39, 0.29) is 0 Å². The van der Waals surface area contributed by atoms with E-state index in [1.54, 1.807) is 12.2 Å². The van der Waals surface area contributed by atoms with Crippen LogP contribution in [0.5, 0.6) is 0 Å². The molecule has 0 fully saturated rings. The first-order chi connectivity index (χ1) is 4.61. The molecule has 2 nitrogen and oxygen atoms in total. The Hall–Kier alpha value is -0.570. The second-order valence-electron chi connectivity index (χ2n) is 2.21. The summed E-state index contributed by atoms with van der Waals surface area (Å²) in [6.45, 7) is 0. The van der Waals surface area contributed by atoms with Gasteiger partial charge >= 0.3 is 0 Å². The average molecular weight is 157 g/mol. The van der Waals surface area contributed by atoms with Gasteiger partial charge in [0.25, 0.3) is 0 Å². The summed E-state index contributed by atoms with van der Waals surface area (Å²) in [6, 6.07) is 0. The van der Waals surface area contributed by atoms with Crippen molar-refractivity contribution in [3.05, 3.63) is 29.6 Å². The van der Waals surface area contributed by atoms with E-state index in [1.165, 1.54) is 6.26 Å². The third kappa shape index (κ3) is 1.70. The summed E-state index contributed by atoms with van der Waals surface area (Å²) in [7, 11) is -2.98. The number of sulfone groups is 1. The third-order valence-electron chi connectivity index (χ3n) is 1.26. The van der Waals surface area contributed by atoms with Gasteiger partial charge in [0.05, 0.1) is 4.91 Å². The number of hydrogen-bond donors (Lipinski definition) is 0. The highest BCUT2D eigenvalue weighted by Gasteiger charge is 2.08. The normalized spacial score (nSPS) is 18.7. The predicted molar refractivity (Wildman–Crippen MR) is 41.0 cm³/mol. The summed E-state index contributed by atoms with van der Waals surface area (Å²) in [4.78, 5) is 0.402. The number of rotatable bonds is 1. The van der Waals surface area contributed by atoms with Gasteiger partial charge in [-0.2, -0.15) is 0 Å². The largest absolute Gasteiger partial charge is 0.224 e. The van der Waals surface area contributed by atoms with Crippen LogP contribution >= 0.6 is 0 Å². The molecule has 0 aromatic rings. The molecule has 0 aromatic heterocycles. The van der Waals surface area contributed by atoms with Crippen LogP contribution in [0.4, 0.5) is 0 Å². The molecule has 1 aliphatic rings. The third-order valence-corrected chi connectivity index (χ3v) is 2.39. The molecule has 1 rings (SSSR count). The Balaban J connectivity index is 2.94. The maximum atomic E-state index is 10.8. The summed E-state index contributed by atoms with van der Waals surface area (Å²) >= 11 is 0. The fraction of sp³-hybridized carbons (Fsp3) is 0.286. The number of allylic oxidation sites excluding steroid dienone is 3. The van der Waals surface area contributed by atoms with Crippen molar-refractivity contribution in [3.63, 3.8) is 0 Å². The van der Waals surface area contributed by atoms with E-state index < -0.39 is 9.84 Å². The average Bonchev–Trinajstić information content (AvgIpc) is 1.88. The molecule has 1 radical (unpaired) electrons. The lowest BCUT2D eigenvalue weighted by molar-refractivity contribution is 0.608. The molecule has 0 bridgehead atoms. The van der Waals surface area contributed by atoms with E-state index in [2.05, 4.69) is 0 Å². The maximum Gasteiger partial charge on any atom is 0.175 e. The quantitative estimate of drug-likeness (QED) is 0.570. The van der Waals surface area contributed by atoms with Gasteiger partial charge < -0.3 is 0 Å². The molecule has 0 heterocycles. The van der Waals surface area contributed by atoms with Crippen molar-refractivity contribution in [1.82, 2.24) is 0 Å². The Labute approximate surface area is 61.2 Å². The van der Waals surface area contributed by atoms with Crippen LogP contribution in [0.3, 0.4) is 0 Å². The highest BCUT2D eigenvalue weighted by Crippen LogP contribution is 2.13. The van der Waals surface area contributed by atoms with E-state index in [0.717, 1.165) is 6.42 Å². The lowest BCUT2D eigenvalue weighted by atomic mass is 10.2. The number of hydrogen-bond acceptors (Lipinski definition) is 2. The second-order valence-corrected chi connectivity index (χ2v) is 4.23. The molecule has 0 atom stereocenters. The van der Waals surface area contributed by atoms with Crippen LogP contribution in [0.2, 0.25) is 0 Å². The van der Waals surface area contributed by atoms with Crippen molar-refractivity contribution >= 4 is 9.84 Å². The van der Waals surface area contributed by atoms with Gasteiger partial charge in [-0.1, -0.05) is 12.2 Å². The molecule has 0 amide bonds. The van der Waals surface area contributed by atoms with Gasteiger partial charge in [0.15, 0.2) is 9.84 Å². The first-order valence-electron chi connectivity index (χ1n) is 3.01. The molecule has 10 heavy (non-hydrogen) atoms. The van der Waals surface area contributed by atoms with Gasteiger partial charge in [0.1, 0.15) is 0 Å². The molecule has 0 saturated heterocycles. The van der Waals surface area contributed by atoms with E-state index >= 15 is 0 Å². The molecule has 0 saturated carbocycles. The Morgan fingerprint density at radius 3 is 2.50 bits per heavy atom. The standard InChI is InChI=1S/C7H9O2S/c1-10(8,9)7-5-3-2-4-6-7/h3-6H,2H2,1H3. The summed E-state index contributed by atoms with van der Waals surface area (Å²) in [5.41, 5.74) is 0. The minimum absolute atomic E-state index is 0.402. The highest BCUT2D eigenvalue weighted by molar-refractivity contribution is 7.94. The zero-order valence-corrected chi connectivity index (χ0v) is 6.56. The zero-order chi connectivity index (χ0) is 7.61. The van der Waals surface area contributed by atoms with Crippen LogP contribution in [-0.4, -0.2) is 14.7 Å².